The van der Waals surface area contributed by atoms with Crippen molar-refractivity contribution in [3.05, 3.63) is 94.8 Å². The third kappa shape index (κ3) is 3.83. The van der Waals surface area contributed by atoms with E-state index >= 15 is 0 Å². The van der Waals surface area contributed by atoms with Crippen LogP contribution in [-0.2, 0) is 11.3 Å². The highest BCUT2D eigenvalue weighted by atomic mass is 16.2. The van der Waals surface area contributed by atoms with E-state index in [9.17, 15) is 9.59 Å². The minimum absolute atomic E-state index is 0.145. The van der Waals surface area contributed by atoms with Crippen molar-refractivity contribution in [1.29, 1.82) is 0 Å². The predicted octanol–water partition coefficient (Wildman–Crippen LogP) is 4.01. The molecule has 0 spiro atoms. The van der Waals surface area contributed by atoms with Crippen LogP contribution >= 0.6 is 0 Å². The van der Waals surface area contributed by atoms with Crippen LogP contribution in [0.1, 0.15) is 5.56 Å². The molecular weight excluding hydrogens is 350 g/mol. The smallest absolute Gasteiger partial charge is 0.267 e. The van der Waals surface area contributed by atoms with E-state index in [0.717, 1.165) is 21.9 Å². The van der Waals surface area contributed by atoms with E-state index < -0.39 is 0 Å². The second-order valence-electron chi connectivity index (χ2n) is 6.69. The summed E-state index contributed by atoms with van der Waals surface area (Å²) in [6.07, 6.45) is 0. The summed E-state index contributed by atoms with van der Waals surface area (Å²) < 4.78 is 1.19. The van der Waals surface area contributed by atoms with Gasteiger partial charge in [-0.2, -0.15) is 5.10 Å². The van der Waals surface area contributed by atoms with Crippen LogP contribution < -0.4 is 10.9 Å². The normalized spacial score (nSPS) is 10.8. The molecule has 1 N–H and O–H groups in total. The van der Waals surface area contributed by atoms with E-state index in [2.05, 4.69) is 10.4 Å². The molecule has 4 aromatic rings. The van der Waals surface area contributed by atoms with Gasteiger partial charge in [0.1, 0.15) is 6.54 Å². The Morgan fingerprint density at radius 2 is 1.75 bits per heavy atom. The summed E-state index contributed by atoms with van der Waals surface area (Å²) in [7, 11) is 0. The quantitative estimate of drug-likeness (QED) is 0.591. The standard InChI is InChI=1S/C23H19N3O2/c1-16-5-4-8-20(13-16)24-22(27)15-26-23(28)12-11-21(25-26)19-10-9-17-6-2-3-7-18(17)14-19/h2-14H,15H2,1H3,(H,24,27). The number of amides is 1. The largest absolute Gasteiger partial charge is 0.324 e. The zero-order valence-electron chi connectivity index (χ0n) is 15.4. The number of anilines is 1. The number of hydrogen-bond donors (Lipinski definition) is 1. The fourth-order valence-electron chi connectivity index (χ4n) is 3.12. The van der Waals surface area contributed by atoms with Gasteiger partial charge in [0.15, 0.2) is 0 Å². The number of carbonyl (C=O) groups excluding carboxylic acids is 1. The molecule has 3 aromatic carbocycles. The summed E-state index contributed by atoms with van der Waals surface area (Å²) in [5.74, 6) is -0.295. The average molecular weight is 369 g/mol. The summed E-state index contributed by atoms with van der Waals surface area (Å²) >= 11 is 0. The van der Waals surface area contributed by atoms with Crippen molar-refractivity contribution < 1.29 is 4.79 Å². The van der Waals surface area contributed by atoms with Crippen LogP contribution in [-0.4, -0.2) is 15.7 Å². The second-order valence-corrected chi connectivity index (χ2v) is 6.69. The number of benzene rings is 3. The molecule has 0 saturated carbocycles. The maximum atomic E-state index is 12.4. The highest BCUT2D eigenvalue weighted by Gasteiger charge is 2.09. The van der Waals surface area contributed by atoms with E-state index in [1.54, 1.807) is 6.07 Å². The summed E-state index contributed by atoms with van der Waals surface area (Å²) in [6.45, 7) is 1.81. The van der Waals surface area contributed by atoms with Gasteiger partial charge in [-0.3, -0.25) is 9.59 Å². The molecule has 0 saturated heterocycles. The topological polar surface area (TPSA) is 64.0 Å². The Bertz CT molecular complexity index is 1230. The van der Waals surface area contributed by atoms with E-state index in [1.807, 2.05) is 73.7 Å². The van der Waals surface area contributed by atoms with Crippen molar-refractivity contribution in [3.63, 3.8) is 0 Å². The number of nitrogens with zero attached hydrogens (tertiary/aromatic N) is 2. The second kappa shape index (κ2) is 7.48. The molecule has 5 nitrogen and oxygen atoms in total. The Morgan fingerprint density at radius 1 is 0.929 bits per heavy atom. The van der Waals surface area contributed by atoms with Crippen LogP contribution in [0.2, 0.25) is 0 Å². The van der Waals surface area contributed by atoms with E-state index in [0.29, 0.717) is 11.4 Å². The van der Waals surface area contributed by atoms with Gasteiger partial charge in [-0.25, -0.2) is 4.68 Å². The first-order chi connectivity index (χ1) is 13.6. The van der Waals surface area contributed by atoms with E-state index in [4.69, 9.17) is 0 Å². The number of aromatic nitrogens is 2. The first-order valence-electron chi connectivity index (χ1n) is 9.02. The Morgan fingerprint density at radius 3 is 2.57 bits per heavy atom. The summed E-state index contributed by atoms with van der Waals surface area (Å²) in [4.78, 5) is 24.5. The Hall–Kier alpha value is -3.73. The molecule has 0 atom stereocenters. The van der Waals surface area contributed by atoms with Gasteiger partial charge in [0.05, 0.1) is 5.69 Å². The van der Waals surface area contributed by atoms with Crippen LogP contribution in [0, 0.1) is 6.92 Å². The fraction of sp³-hybridized carbons (Fsp3) is 0.0870. The number of rotatable bonds is 4. The molecule has 0 aliphatic heterocycles. The zero-order chi connectivity index (χ0) is 19.5. The molecule has 0 aliphatic rings. The molecular formula is C23H19N3O2. The lowest BCUT2D eigenvalue weighted by Crippen LogP contribution is -2.29. The Labute approximate surface area is 162 Å². The van der Waals surface area contributed by atoms with Crippen LogP contribution in [0.3, 0.4) is 0 Å². The highest BCUT2D eigenvalue weighted by Crippen LogP contribution is 2.22. The molecule has 0 bridgehead atoms. The lowest BCUT2D eigenvalue weighted by molar-refractivity contribution is -0.117. The Balaban J connectivity index is 1.59. The van der Waals surface area contributed by atoms with Gasteiger partial charge in [0.25, 0.3) is 5.56 Å². The van der Waals surface area contributed by atoms with Gasteiger partial charge in [-0.05, 0) is 47.5 Å². The third-order valence-corrected chi connectivity index (χ3v) is 4.51. The molecule has 0 radical (unpaired) electrons. The lowest BCUT2D eigenvalue weighted by atomic mass is 10.1. The highest BCUT2D eigenvalue weighted by molar-refractivity contribution is 5.90. The Kier molecular flexibility index (Phi) is 4.72. The summed E-state index contributed by atoms with van der Waals surface area (Å²) in [5.41, 5.74) is 2.97. The zero-order valence-corrected chi connectivity index (χ0v) is 15.4. The number of nitrogens with one attached hydrogen (secondary N) is 1. The number of hydrogen-bond acceptors (Lipinski definition) is 3. The van der Waals surface area contributed by atoms with Gasteiger partial charge in [-0.15, -0.1) is 0 Å². The van der Waals surface area contributed by atoms with Crippen molar-refractivity contribution in [2.24, 2.45) is 0 Å². The molecule has 4 rings (SSSR count). The maximum absolute atomic E-state index is 12.4. The molecule has 138 valence electrons. The minimum atomic E-state index is -0.316. The molecule has 28 heavy (non-hydrogen) atoms. The molecule has 1 amide bonds. The van der Waals surface area contributed by atoms with Crippen molar-refractivity contribution in [3.8, 4) is 11.3 Å². The number of aryl methyl sites for hydroxylation is 1. The SMILES string of the molecule is Cc1cccc(NC(=O)Cn2nc(-c3ccc4ccccc4c3)ccc2=O)c1. The minimum Gasteiger partial charge on any atom is -0.324 e. The molecule has 5 heteroatoms. The van der Waals surface area contributed by atoms with Gasteiger partial charge < -0.3 is 5.32 Å². The van der Waals surface area contributed by atoms with Crippen molar-refractivity contribution in [2.45, 2.75) is 13.5 Å². The number of carbonyl (C=O) groups is 1. The predicted molar refractivity (Wildman–Crippen MR) is 111 cm³/mol. The number of fused-ring (bicyclic) bond motifs is 1. The molecule has 0 fully saturated rings. The van der Waals surface area contributed by atoms with Crippen LogP contribution in [0.4, 0.5) is 5.69 Å². The van der Waals surface area contributed by atoms with Crippen molar-refractivity contribution in [1.82, 2.24) is 9.78 Å². The molecule has 0 aliphatic carbocycles. The maximum Gasteiger partial charge on any atom is 0.267 e. The fourth-order valence-corrected chi connectivity index (χ4v) is 3.12. The van der Waals surface area contributed by atoms with Crippen LogP contribution in [0.25, 0.3) is 22.0 Å². The average Bonchev–Trinajstić information content (AvgIpc) is 2.69. The summed E-state index contributed by atoms with van der Waals surface area (Å²) in [6, 6.07) is 24.7. The van der Waals surface area contributed by atoms with Gasteiger partial charge in [0, 0.05) is 17.3 Å². The van der Waals surface area contributed by atoms with Gasteiger partial charge in [0.2, 0.25) is 5.91 Å². The van der Waals surface area contributed by atoms with Gasteiger partial charge >= 0.3 is 0 Å². The summed E-state index contributed by atoms with van der Waals surface area (Å²) in [5, 5.41) is 9.43. The monoisotopic (exact) mass is 369 g/mol. The van der Waals surface area contributed by atoms with Crippen LogP contribution in [0.15, 0.2) is 83.7 Å². The third-order valence-electron chi connectivity index (χ3n) is 4.51. The van der Waals surface area contributed by atoms with E-state index in [-0.39, 0.29) is 18.0 Å². The van der Waals surface area contributed by atoms with E-state index in [1.165, 1.54) is 10.7 Å². The molecule has 1 aromatic heterocycles. The van der Waals surface area contributed by atoms with Crippen LogP contribution in [0.5, 0.6) is 0 Å². The van der Waals surface area contributed by atoms with Crippen molar-refractivity contribution in [2.75, 3.05) is 5.32 Å². The first kappa shape index (κ1) is 17.7. The molecule has 1 heterocycles. The lowest BCUT2D eigenvalue weighted by Gasteiger charge is -2.09. The first-order valence-corrected chi connectivity index (χ1v) is 9.02. The van der Waals surface area contributed by atoms with Gasteiger partial charge in [-0.1, -0.05) is 48.5 Å². The molecule has 0 unspecified atom stereocenters. The van der Waals surface area contributed by atoms with Crippen molar-refractivity contribution >= 4 is 22.4 Å².